The minimum Gasteiger partial charge on any atom is -0.496 e. The molecule has 2 bridgehead atoms. The monoisotopic (exact) mass is 627 g/mol. The largest absolute Gasteiger partial charge is 0.496 e. The number of hydrogen-bond donors (Lipinski definition) is 1. The summed E-state index contributed by atoms with van der Waals surface area (Å²) in [5, 5.41) is 10.5. The number of carboxylic acid groups (broad SMARTS) is 1. The number of hydrogen-bond acceptors (Lipinski definition) is 6. The molecule has 7 nitrogen and oxygen atoms in total. The van der Waals surface area contributed by atoms with Crippen LogP contribution in [0.3, 0.4) is 0 Å². The quantitative estimate of drug-likeness (QED) is 0.243. The number of aryl methyl sites for hydroxylation is 1. The number of carboxylic acids is 1. The number of aliphatic carboxylic acids is 1. The molecule has 2 heterocycles. The summed E-state index contributed by atoms with van der Waals surface area (Å²) in [5.41, 5.74) is 3.99. The molecule has 0 unspecified atom stereocenters. The van der Waals surface area contributed by atoms with Crippen LogP contribution in [0.2, 0.25) is 0 Å². The zero-order valence-corrected chi connectivity index (χ0v) is 27.4. The van der Waals surface area contributed by atoms with Crippen molar-refractivity contribution in [2.75, 3.05) is 18.6 Å². The lowest BCUT2D eigenvalue weighted by Gasteiger charge is -2.55. The van der Waals surface area contributed by atoms with E-state index in [4.69, 9.17) is 14.7 Å². The topological polar surface area (TPSA) is 92.6 Å². The molecule has 1 amide bonds. The highest BCUT2D eigenvalue weighted by Crippen LogP contribution is 2.58. The number of rotatable bonds is 10. The molecule has 0 saturated heterocycles. The van der Waals surface area contributed by atoms with Gasteiger partial charge in [-0.3, -0.25) is 14.5 Å². The van der Waals surface area contributed by atoms with E-state index in [1.165, 1.54) is 29.0 Å². The van der Waals surface area contributed by atoms with Crippen molar-refractivity contribution in [2.45, 2.75) is 102 Å². The molecule has 0 atom stereocenters. The Bertz CT molecular complexity index is 1550. The van der Waals surface area contributed by atoms with Gasteiger partial charge in [-0.05, 0) is 136 Å². The number of thiazole rings is 1. The molecule has 8 rings (SSSR count). The fourth-order valence-electron chi connectivity index (χ4n) is 8.49. The van der Waals surface area contributed by atoms with E-state index >= 15 is 0 Å². The van der Waals surface area contributed by atoms with E-state index in [2.05, 4.69) is 31.2 Å². The van der Waals surface area contributed by atoms with Gasteiger partial charge in [-0.25, -0.2) is 9.97 Å². The Morgan fingerprint density at radius 1 is 0.978 bits per heavy atom. The lowest BCUT2D eigenvalue weighted by molar-refractivity contribution is -0.138. The van der Waals surface area contributed by atoms with Gasteiger partial charge in [0, 0.05) is 37.2 Å². The summed E-state index contributed by atoms with van der Waals surface area (Å²) in [4.78, 5) is 38.5. The van der Waals surface area contributed by atoms with Gasteiger partial charge in [0.05, 0.1) is 17.0 Å². The zero-order valence-electron chi connectivity index (χ0n) is 26.6. The second kappa shape index (κ2) is 12.2. The molecule has 1 N–H and O–H groups in total. The van der Waals surface area contributed by atoms with Crippen molar-refractivity contribution in [3.8, 4) is 16.2 Å². The van der Waals surface area contributed by atoms with Crippen molar-refractivity contribution in [3.05, 3.63) is 58.9 Å². The van der Waals surface area contributed by atoms with Crippen molar-refractivity contribution in [3.63, 3.8) is 0 Å². The Hall–Kier alpha value is -3.26. The molecule has 45 heavy (non-hydrogen) atoms. The van der Waals surface area contributed by atoms with Crippen LogP contribution < -0.4 is 9.64 Å². The molecular formula is C37H45N3O4S. The number of amides is 1. The lowest BCUT2D eigenvalue weighted by Crippen LogP contribution is -2.52. The van der Waals surface area contributed by atoms with E-state index in [0.717, 1.165) is 86.2 Å². The maximum Gasteiger partial charge on any atom is 0.303 e. The van der Waals surface area contributed by atoms with Crippen molar-refractivity contribution in [1.82, 2.24) is 9.97 Å². The first-order valence-corrected chi connectivity index (χ1v) is 17.7. The predicted octanol–water partition coefficient (Wildman–Crippen LogP) is 8.31. The van der Waals surface area contributed by atoms with E-state index in [-0.39, 0.29) is 35.0 Å². The molecule has 8 heteroatoms. The summed E-state index contributed by atoms with van der Waals surface area (Å²) in [6, 6.07) is 10.9. The van der Waals surface area contributed by atoms with Crippen molar-refractivity contribution in [2.24, 2.45) is 17.3 Å². The molecule has 1 aromatic carbocycles. The first kappa shape index (κ1) is 30.4. The fraction of sp³-hybridized carbons (Fsp3) is 0.568. The first-order chi connectivity index (χ1) is 21.8. The van der Waals surface area contributed by atoms with Gasteiger partial charge in [-0.15, -0.1) is 11.3 Å². The van der Waals surface area contributed by atoms with Crippen LogP contribution in [0.5, 0.6) is 5.75 Å². The molecule has 0 aliphatic heterocycles. The highest BCUT2D eigenvalue weighted by molar-refractivity contribution is 7.15. The van der Waals surface area contributed by atoms with Crippen molar-refractivity contribution in [1.29, 1.82) is 0 Å². The van der Waals surface area contributed by atoms with Crippen LogP contribution in [0.15, 0.2) is 42.7 Å². The van der Waals surface area contributed by atoms with Gasteiger partial charge in [0.2, 0.25) is 5.91 Å². The number of ether oxygens (including phenoxy) is 1. The molecule has 5 saturated carbocycles. The third-order valence-corrected chi connectivity index (χ3v) is 12.8. The number of fused-ring (bicyclic) bond motifs is 3. The van der Waals surface area contributed by atoms with Crippen LogP contribution in [0.25, 0.3) is 10.4 Å². The van der Waals surface area contributed by atoms with Crippen LogP contribution >= 0.6 is 11.3 Å². The standard InChI is InChI=1S/C37H45N3O4S/c1-24-19-29(9-10-30(24)44-2)37-15-12-36(13-16-37,14-17-37)23-40(35(43)27-5-3-25(4-6-27)20-33(41)42)32-21-28(11-18-38-32)31-22-39-34(45-31)26-7-8-26/h9-11,18-19,21-22,25-27H,3-8,12-17,20,23H2,1-2H3,(H,41,42)/t25-,27-,36?,37?. The molecule has 2 aromatic heterocycles. The van der Waals surface area contributed by atoms with Crippen LogP contribution in [-0.4, -0.2) is 40.6 Å². The average Bonchev–Trinajstić information content (AvgIpc) is 3.80. The molecule has 0 radical (unpaired) electrons. The van der Waals surface area contributed by atoms with E-state index < -0.39 is 5.97 Å². The molecule has 5 fully saturated rings. The van der Waals surface area contributed by atoms with Crippen molar-refractivity contribution >= 4 is 29.0 Å². The lowest BCUT2D eigenvalue weighted by atomic mass is 9.51. The Morgan fingerprint density at radius 3 is 2.36 bits per heavy atom. The molecule has 0 spiro atoms. The van der Waals surface area contributed by atoms with E-state index in [1.54, 1.807) is 18.4 Å². The summed E-state index contributed by atoms with van der Waals surface area (Å²) in [5.74, 6) is 1.81. The van der Waals surface area contributed by atoms with Gasteiger partial charge in [-0.2, -0.15) is 0 Å². The summed E-state index contributed by atoms with van der Waals surface area (Å²) >= 11 is 1.77. The minimum atomic E-state index is -0.741. The number of benzene rings is 1. The fourth-order valence-corrected chi connectivity index (χ4v) is 9.57. The maximum atomic E-state index is 14.5. The van der Waals surface area contributed by atoms with Crippen molar-refractivity contribution < 1.29 is 19.4 Å². The number of pyridine rings is 1. The second-order valence-corrected chi connectivity index (χ2v) is 15.5. The molecule has 238 valence electrons. The van der Waals surface area contributed by atoms with Crippen LogP contribution in [-0.2, 0) is 15.0 Å². The Morgan fingerprint density at radius 2 is 1.71 bits per heavy atom. The van der Waals surface area contributed by atoms with Gasteiger partial charge in [-0.1, -0.05) is 12.1 Å². The number of aromatic nitrogens is 2. The summed E-state index contributed by atoms with van der Waals surface area (Å²) < 4.78 is 5.54. The molecule has 5 aliphatic rings. The van der Waals surface area contributed by atoms with E-state index in [0.29, 0.717) is 12.5 Å². The Kier molecular flexibility index (Phi) is 8.21. The number of methoxy groups -OCH3 is 1. The third-order valence-electron chi connectivity index (χ3n) is 11.6. The van der Waals surface area contributed by atoms with Crippen LogP contribution in [0, 0.1) is 24.2 Å². The Labute approximate surface area is 270 Å². The number of nitrogens with zero attached hydrogens (tertiary/aromatic N) is 3. The first-order valence-electron chi connectivity index (χ1n) is 16.9. The van der Waals surface area contributed by atoms with Gasteiger partial charge in [0.25, 0.3) is 0 Å². The number of carbonyl (C=O) groups excluding carboxylic acids is 1. The third kappa shape index (κ3) is 6.15. The summed E-state index contributed by atoms with van der Waals surface area (Å²) in [6.07, 6.45) is 16.3. The molecule has 3 aromatic rings. The van der Waals surface area contributed by atoms with Gasteiger partial charge >= 0.3 is 5.97 Å². The summed E-state index contributed by atoms with van der Waals surface area (Å²) in [6.45, 7) is 2.83. The zero-order chi connectivity index (χ0) is 31.2. The highest BCUT2D eigenvalue weighted by Gasteiger charge is 2.51. The minimum absolute atomic E-state index is 0.0841. The van der Waals surface area contributed by atoms with E-state index in [9.17, 15) is 14.7 Å². The normalized spacial score (nSPS) is 27.7. The smallest absolute Gasteiger partial charge is 0.303 e. The predicted molar refractivity (Wildman–Crippen MR) is 177 cm³/mol. The second-order valence-electron chi connectivity index (χ2n) is 14.4. The van der Waals surface area contributed by atoms with Crippen LogP contribution in [0.4, 0.5) is 5.82 Å². The highest BCUT2D eigenvalue weighted by atomic mass is 32.1. The maximum absolute atomic E-state index is 14.5. The van der Waals surface area contributed by atoms with E-state index in [1.807, 2.05) is 23.4 Å². The molecule has 5 aliphatic carbocycles. The number of carbonyl (C=O) groups is 2. The van der Waals surface area contributed by atoms with Gasteiger partial charge < -0.3 is 9.84 Å². The summed E-state index contributed by atoms with van der Waals surface area (Å²) in [7, 11) is 1.73. The average molecular weight is 628 g/mol. The molecular weight excluding hydrogens is 582 g/mol. The van der Waals surface area contributed by atoms with Gasteiger partial charge in [0.1, 0.15) is 11.6 Å². The number of anilines is 1. The van der Waals surface area contributed by atoms with Gasteiger partial charge in [0.15, 0.2) is 0 Å². The Balaban J connectivity index is 1.13. The SMILES string of the molecule is COc1ccc(C23CCC(CN(c4cc(-c5cnc(C6CC6)s5)ccn4)C(=O)[C@H]4CC[C@H](CC(=O)O)CC4)(CC2)CC3)cc1C. The van der Waals surface area contributed by atoms with Crippen LogP contribution in [0.1, 0.15) is 106 Å².